The fourth-order valence-corrected chi connectivity index (χ4v) is 3.10. The summed E-state index contributed by atoms with van der Waals surface area (Å²) in [5.74, 6) is -0.198. The van der Waals surface area contributed by atoms with Crippen molar-refractivity contribution in [2.24, 2.45) is 5.73 Å². The van der Waals surface area contributed by atoms with Crippen LogP contribution in [0, 0.1) is 0 Å². The maximum Gasteiger partial charge on any atom is 0.261 e. The molecule has 1 aliphatic carbocycles. The van der Waals surface area contributed by atoms with E-state index in [0.717, 1.165) is 31.2 Å². The van der Waals surface area contributed by atoms with E-state index in [-0.39, 0.29) is 23.9 Å². The molecule has 1 aromatic carbocycles. The van der Waals surface area contributed by atoms with Crippen LogP contribution in [0.2, 0.25) is 0 Å². The number of benzene rings is 1. The first-order valence-electron chi connectivity index (χ1n) is 6.86. The maximum atomic E-state index is 12.5. The van der Waals surface area contributed by atoms with E-state index < -0.39 is 0 Å². The van der Waals surface area contributed by atoms with Gasteiger partial charge in [-0.25, -0.2) is 0 Å². The number of hydrogen-bond acceptors (Lipinski definition) is 3. The fraction of sp³-hybridized carbons (Fsp3) is 0.467. The zero-order valence-corrected chi connectivity index (χ0v) is 10.8. The molecule has 1 fully saturated rings. The summed E-state index contributed by atoms with van der Waals surface area (Å²) >= 11 is 0. The number of imide groups is 1. The molecule has 0 radical (unpaired) electrons. The molecule has 0 aromatic heterocycles. The third-order valence-corrected chi connectivity index (χ3v) is 4.18. The van der Waals surface area contributed by atoms with E-state index in [0.29, 0.717) is 12.0 Å². The fourth-order valence-electron chi connectivity index (χ4n) is 3.10. The monoisotopic (exact) mass is 258 g/mol. The van der Waals surface area contributed by atoms with Crippen LogP contribution in [0.3, 0.4) is 0 Å². The van der Waals surface area contributed by atoms with Crippen molar-refractivity contribution >= 4 is 11.8 Å². The van der Waals surface area contributed by atoms with Crippen LogP contribution >= 0.6 is 0 Å². The lowest BCUT2D eigenvalue weighted by molar-refractivity contribution is -0.130. The zero-order chi connectivity index (χ0) is 13.4. The number of fused-ring (bicyclic) bond motifs is 1. The van der Waals surface area contributed by atoms with Crippen molar-refractivity contribution < 1.29 is 9.59 Å². The van der Waals surface area contributed by atoms with Crippen molar-refractivity contribution in [1.29, 1.82) is 0 Å². The number of nitrogens with two attached hydrogens (primary N) is 1. The van der Waals surface area contributed by atoms with Gasteiger partial charge in [-0.05, 0) is 37.3 Å². The molecule has 1 saturated carbocycles. The summed E-state index contributed by atoms with van der Waals surface area (Å²) in [4.78, 5) is 26.2. The van der Waals surface area contributed by atoms with Crippen molar-refractivity contribution in [3.63, 3.8) is 0 Å². The minimum atomic E-state index is -0.132. The second kappa shape index (κ2) is 4.78. The summed E-state index contributed by atoms with van der Waals surface area (Å²) < 4.78 is 0. The Balaban J connectivity index is 1.87. The highest BCUT2D eigenvalue weighted by atomic mass is 16.2. The van der Waals surface area contributed by atoms with Gasteiger partial charge in [0, 0.05) is 17.6 Å². The first-order chi connectivity index (χ1) is 9.16. The molecule has 2 N–H and O–H groups in total. The molecule has 2 amide bonds. The number of rotatable bonds is 1. The maximum absolute atomic E-state index is 12.5. The standard InChI is InChI=1S/C15H18N2O2/c16-11-5-7-12(8-6-11)17-14(18)9-10-3-1-2-4-13(10)15(17)19/h1-4,11-12H,5-9,16H2. The van der Waals surface area contributed by atoms with E-state index in [1.807, 2.05) is 24.3 Å². The molecule has 0 unspecified atom stereocenters. The largest absolute Gasteiger partial charge is 0.328 e. The van der Waals surface area contributed by atoms with Crippen LogP contribution in [0.5, 0.6) is 0 Å². The summed E-state index contributed by atoms with van der Waals surface area (Å²) in [5, 5.41) is 0. The molecule has 4 heteroatoms. The molecule has 3 rings (SSSR count). The number of carbonyl (C=O) groups excluding carboxylic acids is 2. The molecule has 0 bridgehead atoms. The number of nitrogens with zero attached hydrogens (tertiary/aromatic N) is 1. The van der Waals surface area contributed by atoms with Gasteiger partial charge < -0.3 is 5.73 Å². The van der Waals surface area contributed by atoms with Crippen LogP contribution in [0.15, 0.2) is 24.3 Å². The van der Waals surface area contributed by atoms with Gasteiger partial charge in [0.15, 0.2) is 0 Å². The van der Waals surface area contributed by atoms with Gasteiger partial charge in [0.05, 0.1) is 6.42 Å². The van der Waals surface area contributed by atoms with Gasteiger partial charge >= 0.3 is 0 Å². The third kappa shape index (κ3) is 2.16. The quantitative estimate of drug-likeness (QED) is 0.776. The van der Waals surface area contributed by atoms with Gasteiger partial charge in [-0.2, -0.15) is 0 Å². The average molecular weight is 258 g/mol. The molecule has 2 aliphatic rings. The topological polar surface area (TPSA) is 63.4 Å². The van der Waals surface area contributed by atoms with Crippen LogP contribution in [0.4, 0.5) is 0 Å². The highest BCUT2D eigenvalue weighted by Crippen LogP contribution is 2.28. The Morgan fingerprint density at radius 3 is 2.47 bits per heavy atom. The predicted octanol–water partition coefficient (Wildman–Crippen LogP) is 1.48. The molecule has 19 heavy (non-hydrogen) atoms. The van der Waals surface area contributed by atoms with E-state index in [1.165, 1.54) is 4.90 Å². The molecule has 4 nitrogen and oxygen atoms in total. The van der Waals surface area contributed by atoms with Gasteiger partial charge in [0.2, 0.25) is 5.91 Å². The zero-order valence-electron chi connectivity index (χ0n) is 10.8. The lowest BCUT2D eigenvalue weighted by Gasteiger charge is -2.37. The van der Waals surface area contributed by atoms with Crippen LogP contribution < -0.4 is 5.73 Å². The normalized spacial score (nSPS) is 27.3. The van der Waals surface area contributed by atoms with Crippen molar-refractivity contribution in [3.8, 4) is 0 Å². The third-order valence-electron chi connectivity index (χ3n) is 4.18. The highest BCUT2D eigenvalue weighted by molar-refractivity contribution is 6.09. The molecule has 1 heterocycles. The summed E-state index contributed by atoms with van der Waals surface area (Å²) in [6.45, 7) is 0. The summed E-state index contributed by atoms with van der Waals surface area (Å²) in [7, 11) is 0. The lowest BCUT2D eigenvalue weighted by atomic mass is 9.88. The minimum absolute atomic E-state index is 0.0353. The number of hydrogen-bond donors (Lipinski definition) is 1. The Morgan fingerprint density at radius 2 is 1.74 bits per heavy atom. The van der Waals surface area contributed by atoms with Crippen molar-refractivity contribution in [2.45, 2.75) is 44.2 Å². The van der Waals surface area contributed by atoms with E-state index in [4.69, 9.17) is 5.73 Å². The molecule has 100 valence electrons. The van der Waals surface area contributed by atoms with Crippen molar-refractivity contribution in [2.75, 3.05) is 0 Å². The first kappa shape index (κ1) is 12.4. The summed E-state index contributed by atoms with van der Waals surface area (Å²) in [5.41, 5.74) is 7.41. The van der Waals surface area contributed by atoms with Crippen LogP contribution in [-0.2, 0) is 11.2 Å². The molecule has 0 spiro atoms. The van der Waals surface area contributed by atoms with Gasteiger partial charge in [0.25, 0.3) is 5.91 Å². The van der Waals surface area contributed by atoms with Gasteiger partial charge in [-0.1, -0.05) is 18.2 Å². The average Bonchev–Trinajstić information content (AvgIpc) is 2.41. The lowest BCUT2D eigenvalue weighted by Crippen LogP contribution is -2.50. The van der Waals surface area contributed by atoms with Crippen LogP contribution in [-0.4, -0.2) is 28.8 Å². The van der Waals surface area contributed by atoms with Gasteiger partial charge in [-0.3, -0.25) is 14.5 Å². The smallest absolute Gasteiger partial charge is 0.261 e. The van der Waals surface area contributed by atoms with Crippen LogP contribution in [0.25, 0.3) is 0 Å². The van der Waals surface area contributed by atoms with E-state index >= 15 is 0 Å². The summed E-state index contributed by atoms with van der Waals surface area (Å²) in [6, 6.07) is 7.65. The molecular formula is C15H18N2O2. The highest BCUT2D eigenvalue weighted by Gasteiger charge is 2.36. The predicted molar refractivity (Wildman–Crippen MR) is 71.6 cm³/mol. The summed E-state index contributed by atoms with van der Waals surface area (Å²) in [6.07, 6.45) is 3.79. The van der Waals surface area contributed by atoms with Crippen LogP contribution in [0.1, 0.15) is 41.6 Å². The second-order valence-electron chi connectivity index (χ2n) is 5.47. The Labute approximate surface area is 112 Å². The van der Waals surface area contributed by atoms with Crippen molar-refractivity contribution in [3.05, 3.63) is 35.4 Å². The Bertz CT molecular complexity index is 519. The Kier molecular flexibility index (Phi) is 3.11. The first-order valence-corrected chi connectivity index (χ1v) is 6.86. The molecule has 0 saturated heterocycles. The molecule has 1 aliphatic heterocycles. The van der Waals surface area contributed by atoms with E-state index in [2.05, 4.69) is 0 Å². The second-order valence-corrected chi connectivity index (χ2v) is 5.47. The Morgan fingerprint density at radius 1 is 1.05 bits per heavy atom. The van der Waals surface area contributed by atoms with Gasteiger partial charge in [-0.15, -0.1) is 0 Å². The van der Waals surface area contributed by atoms with Crippen molar-refractivity contribution in [1.82, 2.24) is 4.90 Å². The van der Waals surface area contributed by atoms with E-state index in [9.17, 15) is 9.59 Å². The number of amides is 2. The number of carbonyl (C=O) groups is 2. The van der Waals surface area contributed by atoms with E-state index in [1.54, 1.807) is 0 Å². The van der Waals surface area contributed by atoms with Gasteiger partial charge in [0.1, 0.15) is 0 Å². The Hall–Kier alpha value is -1.68. The SMILES string of the molecule is NC1CCC(N2C(=O)Cc3ccccc3C2=O)CC1. The molecule has 0 atom stereocenters. The molecular weight excluding hydrogens is 240 g/mol. The minimum Gasteiger partial charge on any atom is -0.328 e. The molecule has 1 aromatic rings.